The van der Waals surface area contributed by atoms with Crippen molar-refractivity contribution in [2.24, 2.45) is 0 Å². The molecule has 1 rings (SSSR count). The van der Waals surface area contributed by atoms with Crippen LogP contribution >= 0.6 is 0 Å². The maximum atomic E-state index is 12.6. The minimum absolute atomic E-state index is 0.181. The zero-order valence-electron chi connectivity index (χ0n) is 6.85. The van der Waals surface area contributed by atoms with Gasteiger partial charge < -0.3 is 4.74 Å². The number of halogens is 3. The molecule has 0 spiro atoms. The van der Waals surface area contributed by atoms with Crippen molar-refractivity contribution < 1.29 is 17.9 Å². The number of hydrogen-bond acceptors (Lipinski definition) is 1. The van der Waals surface area contributed by atoms with Gasteiger partial charge in [-0.15, -0.1) is 0 Å². The average Bonchev–Trinajstić information content (AvgIpc) is 2.16. The normalized spacial score (nSPS) is 9.54. The van der Waals surface area contributed by atoms with Crippen molar-refractivity contribution in [3.8, 4) is 5.75 Å². The highest BCUT2D eigenvalue weighted by molar-refractivity contribution is 5.60. The smallest absolute Gasteiger partial charge is 0.306 e. The Bertz CT molecular complexity index is 329. The van der Waals surface area contributed by atoms with Crippen molar-refractivity contribution in [3.63, 3.8) is 0 Å². The van der Waals surface area contributed by atoms with Crippen LogP contribution in [0.1, 0.15) is 5.56 Å². The van der Waals surface area contributed by atoms with Crippen LogP contribution in [-0.4, -0.2) is 7.11 Å². The summed E-state index contributed by atoms with van der Waals surface area (Å²) in [5, 5.41) is 0. The van der Waals surface area contributed by atoms with Crippen molar-refractivity contribution >= 4 is 5.83 Å². The van der Waals surface area contributed by atoms with Crippen LogP contribution in [0.15, 0.2) is 30.3 Å². The minimum Gasteiger partial charge on any atom is -0.497 e. The fraction of sp³-hybridized carbons (Fsp3) is 0.111. The summed E-state index contributed by atoms with van der Waals surface area (Å²) in [5.74, 6) is -1.17. The Labute approximate surface area is 73.4 Å². The first kappa shape index (κ1) is 9.64. The Kier molecular flexibility index (Phi) is 2.95. The second kappa shape index (κ2) is 3.98. The van der Waals surface area contributed by atoms with Gasteiger partial charge in [-0.2, -0.15) is 8.78 Å². The van der Waals surface area contributed by atoms with E-state index in [4.69, 9.17) is 4.74 Å². The summed E-state index contributed by atoms with van der Waals surface area (Å²) in [4.78, 5) is 0. The summed E-state index contributed by atoms with van der Waals surface area (Å²) < 4.78 is 41.0. The van der Waals surface area contributed by atoms with E-state index < -0.39 is 11.9 Å². The Morgan fingerprint density at radius 3 is 2.46 bits per heavy atom. The Balaban J connectivity index is 3.09. The zero-order chi connectivity index (χ0) is 9.84. The molecule has 0 saturated carbocycles. The van der Waals surface area contributed by atoms with E-state index in [0.717, 1.165) is 0 Å². The van der Waals surface area contributed by atoms with Crippen LogP contribution in [0.2, 0.25) is 0 Å². The average molecular weight is 188 g/mol. The molecule has 1 aromatic rings. The van der Waals surface area contributed by atoms with Crippen LogP contribution in [0.5, 0.6) is 5.75 Å². The summed E-state index contributed by atoms with van der Waals surface area (Å²) in [7, 11) is 1.38. The molecule has 0 saturated heterocycles. The molecule has 1 aromatic carbocycles. The van der Waals surface area contributed by atoms with E-state index in [1.54, 1.807) is 6.07 Å². The summed E-state index contributed by atoms with van der Waals surface area (Å²) in [6.07, 6.45) is -2.33. The number of ether oxygens (including phenoxy) is 1. The van der Waals surface area contributed by atoms with Crippen molar-refractivity contribution in [2.45, 2.75) is 0 Å². The van der Waals surface area contributed by atoms with Gasteiger partial charge in [0.15, 0.2) is 5.83 Å². The van der Waals surface area contributed by atoms with E-state index >= 15 is 0 Å². The molecule has 0 unspecified atom stereocenters. The maximum absolute atomic E-state index is 12.6. The van der Waals surface area contributed by atoms with E-state index in [0.29, 0.717) is 5.75 Å². The van der Waals surface area contributed by atoms with Gasteiger partial charge in [-0.1, -0.05) is 12.1 Å². The highest BCUT2D eigenvalue weighted by atomic mass is 19.3. The van der Waals surface area contributed by atoms with Crippen LogP contribution in [0.25, 0.3) is 5.83 Å². The predicted molar refractivity (Wildman–Crippen MR) is 43.2 cm³/mol. The van der Waals surface area contributed by atoms with E-state index in [2.05, 4.69) is 0 Å². The third-order valence-corrected chi connectivity index (χ3v) is 1.49. The Morgan fingerprint density at radius 2 is 1.92 bits per heavy atom. The molecule has 0 aliphatic heterocycles. The summed E-state index contributed by atoms with van der Waals surface area (Å²) in [5.41, 5.74) is -0.181. The first-order valence-corrected chi connectivity index (χ1v) is 3.50. The minimum atomic E-state index is -2.33. The molecular formula is C9H7F3O. The number of rotatable bonds is 2. The lowest BCUT2D eigenvalue weighted by Crippen LogP contribution is -1.84. The third kappa shape index (κ3) is 2.24. The highest BCUT2D eigenvalue weighted by Gasteiger charge is 2.08. The van der Waals surface area contributed by atoms with Crippen LogP contribution in [0.3, 0.4) is 0 Å². The molecule has 70 valence electrons. The van der Waals surface area contributed by atoms with E-state index in [9.17, 15) is 13.2 Å². The lowest BCUT2D eigenvalue weighted by molar-refractivity contribution is 0.408. The molecule has 0 radical (unpaired) electrons. The van der Waals surface area contributed by atoms with Crippen molar-refractivity contribution in [2.75, 3.05) is 7.11 Å². The molecule has 0 aromatic heterocycles. The number of benzene rings is 1. The van der Waals surface area contributed by atoms with Gasteiger partial charge in [-0.05, 0) is 12.1 Å². The summed E-state index contributed by atoms with van der Waals surface area (Å²) in [6, 6.07) is 5.44. The SMILES string of the molecule is COc1cccc(C(F)=C(F)F)c1. The van der Waals surface area contributed by atoms with Crippen LogP contribution in [0, 0.1) is 0 Å². The Hall–Kier alpha value is -1.45. The second-order valence-electron chi connectivity index (χ2n) is 2.31. The molecule has 0 bridgehead atoms. The zero-order valence-corrected chi connectivity index (χ0v) is 6.85. The van der Waals surface area contributed by atoms with Crippen molar-refractivity contribution in [1.82, 2.24) is 0 Å². The summed E-state index contributed by atoms with van der Waals surface area (Å²) >= 11 is 0. The van der Waals surface area contributed by atoms with Crippen LogP contribution in [-0.2, 0) is 0 Å². The van der Waals surface area contributed by atoms with Gasteiger partial charge in [0, 0.05) is 5.56 Å². The standard InChI is InChI=1S/C9H7F3O/c1-13-7-4-2-3-6(5-7)8(10)9(11)12/h2-5H,1H3. The Morgan fingerprint density at radius 1 is 1.23 bits per heavy atom. The molecule has 0 amide bonds. The largest absolute Gasteiger partial charge is 0.497 e. The van der Waals surface area contributed by atoms with Gasteiger partial charge >= 0.3 is 6.08 Å². The molecule has 0 heterocycles. The van der Waals surface area contributed by atoms with Crippen molar-refractivity contribution in [1.29, 1.82) is 0 Å². The van der Waals surface area contributed by atoms with Gasteiger partial charge in [0.1, 0.15) is 5.75 Å². The van der Waals surface area contributed by atoms with Crippen LogP contribution < -0.4 is 4.74 Å². The molecule has 4 heteroatoms. The lowest BCUT2D eigenvalue weighted by Gasteiger charge is -2.01. The summed E-state index contributed by atoms with van der Waals surface area (Å²) in [6.45, 7) is 0. The quantitative estimate of drug-likeness (QED) is 0.692. The fourth-order valence-electron chi connectivity index (χ4n) is 0.869. The van der Waals surface area contributed by atoms with Gasteiger partial charge in [-0.3, -0.25) is 0 Å². The predicted octanol–water partition coefficient (Wildman–Crippen LogP) is 3.23. The van der Waals surface area contributed by atoms with Crippen molar-refractivity contribution in [3.05, 3.63) is 35.9 Å². The molecule has 0 aliphatic carbocycles. The van der Waals surface area contributed by atoms with E-state index in [1.807, 2.05) is 0 Å². The monoisotopic (exact) mass is 188 g/mol. The van der Waals surface area contributed by atoms with Gasteiger partial charge in [0.25, 0.3) is 0 Å². The van der Waals surface area contributed by atoms with Gasteiger partial charge in [0.2, 0.25) is 0 Å². The topological polar surface area (TPSA) is 9.23 Å². The first-order valence-electron chi connectivity index (χ1n) is 3.50. The first-order chi connectivity index (χ1) is 6.15. The number of methoxy groups -OCH3 is 1. The van der Waals surface area contributed by atoms with Crippen LogP contribution in [0.4, 0.5) is 13.2 Å². The third-order valence-electron chi connectivity index (χ3n) is 1.49. The lowest BCUT2D eigenvalue weighted by atomic mass is 10.2. The fourth-order valence-corrected chi connectivity index (χ4v) is 0.869. The molecule has 0 fully saturated rings. The second-order valence-corrected chi connectivity index (χ2v) is 2.31. The van der Waals surface area contributed by atoms with Gasteiger partial charge in [-0.25, -0.2) is 4.39 Å². The maximum Gasteiger partial charge on any atom is 0.306 e. The van der Waals surface area contributed by atoms with Gasteiger partial charge in [0.05, 0.1) is 7.11 Å². The molecule has 0 aliphatic rings. The van der Waals surface area contributed by atoms with E-state index in [-0.39, 0.29) is 5.56 Å². The molecular weight excluding hydrogens is 181 g/mol. The molecule has 0 N–H and O–H groups in total. The number of hydrogen-bond donors (Lipinski definition) is 0. The highest BCUT2D eigenvalue weighted by Crippen LogP contribution is 2.24. The van der Waals surface area contributed by atoms with E-state index in [1.165, 1.54) is 25.3 Å². The molecule has 0 atom stereocenters. The molecule has 1 nitrogen and oxygen atoms in total. The molecule has 13 heavy (non-hydrogen) atoms.